The van der Waals surface area contributed by atoms with Crippen molar-refractivity contribution in [2.45, 2.75) is 24.8 Å². The molecular formula is C18H17F3N2S. The molecule has 1 aliphatic rings. The molecule has 2 aromatic carbocycles. The fourth-order valence-corrected chi connectivity index (χ4v) is 3.66. The number of benzene rings is 2. The molecule has 2 nitrogen and oxygen atoms in total. The molecular weight excluding hydrogens is 333 g/mol. The van der Waals surface area contributed by atoms with Crippen LogP contribution in [0, 0.1) is 0 Å². The molecule has 1 aliphatic heterocycles. The lowest BCUT2D eigenvalue weighted by molar-refractivity contribution is -0.137. The maximum absolute atomic E-state index is 13.0. The normalized spacial score (nSPS) is 19.9. The first-order valence-electron chi connectivity index (χ1n) is 7.72. The predicted molar refractivity (Wildman–Crippen MR) is 94.0 cm³/mol. The van der Waals surface area contributed by atoms with Gasteiger partial charge in [0.25, 0.3) is 0 Å². The van der Waals surface area contributed by atoms with Gasteiger partial charge in [0.05, 0.1) is 11.3 Å². The van der Waals surface area contributed by atoms with Crippen molar-refractivity contribution in [3.63, 3.8) is 0 Å². The number of halogens is 3. The number of thioether (sulfide) groups is 1. The smallest absolute Gasteiger partial charge is 0.320 e. The minimum Gasteiger partial charge on any atom is -0.320 e. The number of aliphatic imine (C=N–C) groups is 1. The second kappa shape index (κ2) is 6.89. The van der Waals surface area contributed by atoms with Gasteiger partial charge in [-0.1, -0.05) is 43.0 Å². The Labute approximate surface area is 143 Å². The van der Waals surface area contributed by atoms with Crippen LogP contribution < -0.4 is 4.90 Å². The van der Waals surface area contributed by atoms with Crippen molar-refractivity contribution in [3.8, 4) is 0 Å². The van der Waals surface area contributed by atoms with Gasteiger partial charge >= 0.3 is 6.18 Å². The molecule has 0 N–H and O–H groups in total. The van der Waals surface area contributed by atoms with Crippen LogP contribution in [0.5, 0.6) is 0 Å². The molecule has 6 heteroatoms. The Morgan fingerprint density at radius 1 is 1.12 bits per heavy atom. The van der Waals surface area contributed by atoms with E-state index in [1.807, 2.05) is 35.2 Å². The molecule has 0 radical (unpaired) electrons. The van der Waals surface area contributed by atoms with E-state index >= 15 is 0 Å². The van der Waals surface area contributed by atoms with Crippen LogP contribution in [-0.2, 0) is 6.18 Å². The monoisotopic (exact) mass is 350 g/mol. The van der Waals surface area contributed by atoms with Crippen LogP contribution in [0.3, 0.4) is 0 Å². The second-order valence-corrected chi connectivity index (χ2v) is 6.80. The van der Waals surface area contributed by atoms with Crippen LogP contribution in [0.15, 0.2) is 59.6 Å². The van der Waals surface area contributed by atoms with E-state index in [4.69, 9.17) is 0 Å². The van der Waals surface area contributed by atoms with Gasteiger partial charge in [0.1, 0.15) is 0 Å². The Bertz CT molecular complexity index is 729. The van der Waals surface area contributed by atoms with E-state index in [1.54, 1.807) is 17.8 Å². The van der Waals surface area contributed by atoms with Crippen molar-refractivity contribution < 1.29 is 13.2 Å². The molecule has 1 fully saturated rings. The standard InChI is InChI=1S/C18H17F3N2S/c1-2-16-12-23(15-10-6-7-13(11-15)18(19,20)21)17(24-16)22-14-8-4-3-5-9-14/h3-11,16H,2,12H2,1H3. The largest absolute Gasteiger partial charge is 0.416 e. The highest BCUT2D eigenvalue weighted by molar-refractivity contribution is 8.15. The van der Waals surface area contributed by atoms with Gasteiger partial charge < -0.3 is 4.90 Å². The van der Waals surface area contributed by atoms with Crippen LogP contribution in [0.4, 0.5) is 24.5 Å². The second-order valence-electron chi connectivity index (χ2n) is 5.54. The van der Waals surface area contributed by atoms with Gasteiger partial charge in [-0.2, -0.15) is 13.2 Å². The average molecular weight is 350 g/mol. The van der Waals surface area contributed by atoms with Crippen LogP contribution in [0.1, 0.15) is 18.9 Å². The highest BCUT2D eigenvalue weighted by Gasteiger charge is 2.33. The number of rotatable bonds is 3. The zero-order valence-corrected chi connectivity index (χ0v) is 13.9. The SMILES string of the molecule is CCC1CN(c2cccc(C(F)(F)F)c2)C(=Nc2ccccc2)S1. The Balaban J connectivity index is 1.96. The molecule has 1 heterocycles. The first-order chi connectivity index (χ1) is 11.5. The molecule has 24 heavy (non-hydrogen) atoms. The molecule has 0 amide bonds. The molecule has 0 saturated carbocycles. The number of alkyl halides is 3. The number of hydrogen-bond donors (Lipinski definition) is 0. The highest BCUT2D eigenvalue weighted by atomic mass is 32.2. The fourth-order valence-electron chi connectivity index (χ4n) is 2.51. The van der Waals surface area contributed by atoms with Crippen molar-refractivity contribution in [3.05, 3.63) is 60.2 Å². The molecule has 1 saturated heterocycles. The summed E-state index contributed by atoms with van der Waals surface area (Å²) in [4.78, 5) is 6.51. The minimum atomic E-state index is -4.34. The number of amidine groups is 1. The van der Waals surface area contributed by atoms with Crippen molar-refractivity contribution in [1.82, 2.24) is 0 Å². The Morgan fingerprint density at radius 3 is 2.54 bits per heavy atom. The first-order valence-corrected chi connectivity index (χ1v) is 8.60. The lowest BCUT2D eigenvalue weighted by Crippen LogP contribution is -2.25. The van der Waals surface area contributed by atoms with Crippen LogP contribution in [-0.4, -0.2) is 17.0 Å². The van der Waals surface area contributed by atoms with Crippen molar-refractivity contribution in [2.24, 2.45) is 4.99 Å². The van der Waals surface area contributed by atoms with Crippen molar-refractivity contribution >= 4 is 28.3 Å². The fraction of sp³-hybridized carbons (Fsp3) is 0.278. The third kappa shape index (κ3) is 3.75. The molecule has 0 spiro atoms. The summed E-state index contributed by atoms with van der Waals surface area (Å²) in [6.07, 6.45) is -3.41. The molecule has 1 unspecified atom stereocenters. The third-order valence-electron chi connectivity index (χ3n) is 3.81. The zero-order chi connectivity index (χ0) is 17.2. The predicted octanol–water partition coefficient (Wildman–Crippen LogP) is 5.72. The van der Waals surface area contributed by atoms with E-state index in [0.717, 1.165) is 23.3 Å². The van der Waals surface area contributed by atoms with E-state index in [1.165, 1.54) is 12.1 Å². The molecule has 126 valence electrons. The molecule has 2 aromatic rings. The van der Waals surface area contributed by atoms with E-state index in [0.29, 0.717) is 17.5 Å². The van der Waals surface area contributed by atoms with Gasteiger partial charge in [-0.3, -0.25) is 0 Å². The number of hydrogen-bond acceptors (Lipinski definition) is 2. The molecule has 3 rings (SSSR count). The number of anilines is 1. The van der Waals surface area contributed by atoms with Gasteiger partial charge in [-0.25, -0.2) is 4.99 Å². The summed E-state index contributed by atoms with van der Waals surface area (Å²) in [6.45, 7) is 2.74. The van der Waals surface area contributed by atoms with Gasteiger partial charge in [-0.05, 0) is 36.8 Å². The quantitative estimate of drug-likeness (QED) is 0.703. The van der Waals surface area contributed by atoms with Crippen molar-refractivity contribution in [1.29, 1.82) is 0 Å². The number of para-hydroxylation sites is 1. The Kier molecular flexibility index (Phi) is 4.85. The Hall–Kier alpha value is -1.95. The van der Waals surface area contributed by atoms with Gasteiger partial charge in [0.15, 0.2) is 5.17 Å². The zero-order valence-electron chi connectivity index (χ0n) is 13.1. The van der Waals surface area contributed by atoms with Gasteiger partial charge in [0, 0.05) is 17.5 Å². The lowest BCUT2D eigenvalue weighted by atomic mass is 10.1. The lowest BCUT2D eigenvalue weighted by Gasteiger charge is -2.20. The van der Waals surface area contributed by atoms with E-state index in [2.05, 4.69) is 11.9 Å². The van der Waals surface area contributed by atoms with E-state index in [-0.39, 0.29) is 0 Å². The number of nitrogens with zero attached hydrogens (tertiary/aromatic N) is 2. The van der Waals surface area contributed by atoms with Crippen LogP contribution in [0.25, 0.3) is 0 Å². The van der Waals surface area contributed by atoms with E-state index < -0.39 is 11.7 Å². The summed E-state index contributed by atoms with van der Waals surface area (Å²) in [5.41, 5.74) is 0.695. The van der Waals surface area contributed by atoms with Gasteiger partial charge in [-0.15, -0.1) is 0 Å². The summed E-state index contributed by atoms with van der Waals surface area (Å²) < 4.78 is 39.0. The molecule has 0 aliphatic carbocycles. The topological polar surface area (TPSA) is 15.6 Å². The van der Waals surface area contributed by atoms with Crippen LogP contribution in [0.2, 0.25) is 0 Å². The van der Waals surface area contributed by atoms with E-state index in [9.17, 15) is 13.2 Å². The summed E-state index contributed by atoms with van der Waals surface area (Å²) in [5.74, 6) is 0. The minimum absolute atomic E-state index is 0.321. The maximum Gasteiger partial charge on any atom is 0.416 e. The summed E-state index contributed by atoms with van der Waals surface area (Å²) in [5, 5.41) is 1.06. The molecule has 1 atom stereocenters. The first kappa shape index (κ1) is 16.9. The van der Waals surface area contributed by atoms with Crippen molar-refractivity contribution in [2.75, 3.05) is 11.4 Å². The maximum atomic E-state index is 13.0. The summed E-state index contributed by atoms with van der Waals surface area (Å²) in [6, 6.07) is 14.9. The summed E-state index contributed by atoms with van der Waals surface area (Å²) >= 11 is 1.62. The van der Waals surface area contributed by atoms with Gasteiger partial charge in [0.2, 0.25) is 0 Å². The summed E-state index contributed by atoms with van der Waals surface area (Å²) in [7, 11) is 0. The third-order valence-corrected chi connectivity index (χ3v) is 5.15. The molecule has 0 bridgehead atoms. The highest BCUT2D eigenvalue weighted by Crippen LogP contribution is 2.37. The Morgan fingerprint density at radius 2 is 1.88 bits per heavy atom. The molecule has 0 aromatic heterocycles. The average Bonchev–Trinajstić information content (AvgIpc) is 2.98. The van der Waals surface area contributed by atoms with Crippen LogP contribution >= 0.6 is 11.8 Å².